The number of benzene rings is 1. The highest BCUT2D eigenvalue weighted by Crippen LogP contribution is 2.25. The average Bonchev–Trinajstić information content (AvgIpc) is 3.10. The topological polar surface area (TPSA) is 67.3 Å². The number of hydrogen-bond donors (Lipinski definition) is 1. The van der Waals surface area contributed by atoms with Crippen LogP contribution >= 0.6 is 0 Å². The predicted octanol–water partition coefficient (Wildman–Crippen LogP) is 2.65. The molecule has 1 amide bonds. The Kier molecular flexibility index (Phi) is 4.41. The van der Waals surface area contributed by atoms with Crippen molar-refractivity contribution in [2.24, 2.45) is 0 Å². The third-order valence-corrected chi connectivity index (χ3v) is 3.92. The van der Waals surface area contributed by atoms with Gasteiger partial charge in [-0.25, -0.2) is 0 Å². The van der Waals surface area contributed by atoms with Gasteiger partial charge in [0.15, 0.2) is 11.5 Å². The summed E-state index contributed by atoms with van der Waals surface area (Å²) < 4.78 is 5.27. The molecule has 1 saturated heterocycles. The Hall–Kier alpha value is -2.63. The summed E-state index contributed by atoms with van der Waals surface area (Å²) in [4.78, 5) is 14.5. The van der Waals surface area contributed by atoms with Crippen LogP contribution in [-0.2, 0) is 0 Å². The molecule has 2 heterocycles. The minimum atomic E-state index is -0.297. The minimum Gasteiger partial charge on any atom is -0.495 e. The van der Waals surface area contributed by atoms with Crippen LogP contribution in [0.15, 0.2) is 30.3 Å². The average molecular weight is 312 g/mol. The lowest BCUT2D eigenvalue weighted by Gasteiger charge is -2.15. The van der Waals surface area contributed by atoms with Crippen molar-refractivity contribution >= 4 is 17.4 Å². The van der Waals surface area contributed by atoms with Crippen LogP contribution in [0.3, 0.4) is 0 Å². The van der Waals surface area contributed by atoms with Crippen molar-refractivity contribution in [3.8, 4) is 5.75 Å². The number of anilines is 2. The van der Waals surface area contributed by atoms with Crippen LogP contribution in [0.2, 0.25) is 0 Å². The number of ether oxygens (including phenoxy) is 1. The molecule has 6 heteroatoms. The van der Waals surface area contributed by atoms with Crippen LogP contribution in [0.1, 0.15) is 28.9 Å². The molecule has 1 aliphatic rings. The Morgan fingerprint density at radius 2 is 1.96 bits per heavy atom. The number of carbonyl (C=O) groups is 1. The first kappa shape index (κ1) is 15.3. The normalized spacial score (nSPS) is 13.9. The number of hydrogen-bond acceptors (Lipinski definition) is 5. The molecule has 0 radical (unpaired) electrons. The van der Waals surface area contributed by atoms with Crippen molar-refractivity contribution in [2.45, 2.75) is 19.8 Å². The summed E-state index contributed by atoms with van der Waals surface area (Å²) in [5.41, 5.74) is 1.95. The Balaban J connectivity index is 1.74. The van der Waals surface area contributed by atoms with Gasteiger partial charge in [0, 0.05) is 13.1 Å². The largest absolute Gasteiger partial charge is 0.495 e. The number of methoxy groups -OCH3 is 1. The van der Waals surface area contributed by atoms with Gasteiger partial charge in [-0.1, -0.05) is 6.07 Å². The van der Waals surface area contributed by atoms with Crippen LogP contribution < -0.4 is 15.0 Å². The Labute approximate surface area is 135 Å². The molecule has 0 saturated carbocycles. The molecule has 1 aromatic carbocycles. The van der Waals surface area contributed by atoms with Gasteiger partial charge in [0.25, 0.3) is 5.91 Å². The molecular formula is C17H20N4O2. The van der Waals surface area contributed by atoms with Crippen molar-refractivity contribution < 1.29 is 9.53 Å². The summed E-state index contributed by atoms with van der Waals surface area (Å²) in [6, 6.07) is 9.17. The van der Waals surface area contributed by atoms with Gasteiger partial charge in [-0.15, -0.1) is 10.2 Å². The van der Waals surface area contributed by atoms with Crippen molar-refractivity contribution in [1.29, 1.82) is 0 Å². The fraction of sp³-hybridized carbons (Fsp3) is 0.353. The second-order valence-electron chi connectivity index (χ2n) is 5.63. The number of rotatable bonds is 4. The van der Waals surface area contributed by atoms with Crippen LogP contribution in [0.4, 0.5) is 11.5 Å². The standard InChI is InChI=1S/C17H20N4O2/c1-12-5-7-15(23-2)14(11-12)18-17(22)13-6-8-16(20-19-13)21-9-3-4-10-21/h5-8,11H,3-4,9-10H2,1-2H3,(H,18,22). The summed E-state index contributed by atoms with van der Waals surface area (Å²) in [7, 11) is 1.57. The van der Waals surface area contributed by atoms with Gasteiger partial charge in [-0.2, -0.15) is 0 Å². The molecule has 23 heavy (non-hydrogen) atoms. The molecule has 1 N–H and O–H groups in total. The SMILES string of the molecule is COc1ccc(C)cc1NC(=O)c1ccc(N2CCCC2)nn1. The van der Waals surface area contributed by atoms with Gasteiger partial charge in [0.2, 0.25) is 0 Å². The van der Waals surface area contributed by atoms with Crippen LogP contribution in [-0.4, -0.2) is 36.3 Å². The molecule has 1 aliphatic heterocycles. The number of nitrogens with zero attached hydrogens (tertiary/aromatic N) is 3. The number of aromatic nitrogens is 2. The van der Waals surface area contributed by atoms with Crippen molar-refractivity contribution in [3.63, 3.8) is 0 Å². The summed E-state index contributed by atoms with van der Waals surface area (Å²) in [6.45, 7) is 3.96. The van der Waals surface area contributed by atoms with Crippen molar-refractivity contribution in [2.75, 3.05) is 30.4 Å². The first-order chi connectivity index (χ1) is 11.2. The van der Waals surface area contributed by atoms with Gasteiger partial charge < -0.3 is 15.0 Å². The maximum absolute atomic E-state index is 12.3. The molecular weight excluding hydrogens is 292 g/mol. The molecule has 120 valence electrons. The zero-order valence-electron chi connectivity index (χ0n) is 13.4. The summed E-state index contributed by atoms with van der Waals surface area (Å²) in [5.74, 6) is 1.15. The van der Waals surface area contributed by atoms with E-state index in [1.54, 1.807) is 13.2 Å². The Morgan fingerprint density at radius 3 is 2.61 bits per heavy atom. The lowest BCUT2D eigenvalue weighted by atomic mass is 10.2. The summed E-state index contributed by atoms with van der Waals surface area (Å²) in [6.07, 6.45) is 2.36. The van der Waals surface area contributed by atoms with E-state index < -0.39 is 0 Å². The lowest BCUT2D eigenvalue weighted by Crippen LogP contribution is -2.21. The fourth-order valence-corrected chi connectivity index (χ4v) is 2.67. The van der Waals surface area contributed by atoms with E-state index in [2.05, 4.69) is 20.4 Å². The van der Waals surface area contributed by atoms with E-state index in [0.29, 0.717) is 11.4 Å². The van der Waals surface area contributed by atoms with Crippen LogP contribution in [0.5, 0.6) is 5.75 Å². The Bertz CT molecular complexity index is 694. The molecule has 6 nitrogen and oxygen atoms in total. The van der Waals surface area contributed by atoms with Crippen molar-refractivity contribution in [1.82, 2.24) is 10.2 Å². The van der Waals surface area contributed by atoms with Crippen LogP contribution in [0, 0.1) is 6.92 Å². The van der Waals surface area contributed by atoms with E-state index in [4.69, 9.17) is 4.74 Å². The maximum atomic E-state index is 12.3. The van der Waals surface area contributed by atoms with Gasteiger partial charge in [-0.05, 0) is 49.6 Å². The monoisotopic (exact) mass is 312 g/mol. The van der Waals surface area contributed by atoms with Crippen LogP contribution in [0.25, 0.3) is 0 Å². The third kappa shape index (κ3) is 3.41. The van der Waals surface area contributed by atoms with Gasteiger partial charge >= 0.3 is 0 Å². The molecule has 0 atom stereocenters. The van der Waals surface area contributed by atoms with E-state index in [1.165, 1.54) is 12.8 Å². The highest BCUT2D eigenvalue weighted by molar-refractivity contribution is 6.03. The maximum Gasteiger partial charge on any atom is 0.276 e. The molecule has 0 unspecified atom stereocenters. The van der Waals surface area contributed by atoms with E-state index in [1.807, 2.05) is 31.2 Å². The molecule has 1 aromatic heterocycles. The van der Waals surface area contributed by atoms with Gasteiger partial charge in [0.1, 0.15) is 5.75 Å². The van der Waals surface area contributed by atoms with Gasteiger partial charge in [-0.3, -0.25) is 4.79 Å². The van der Waals surface area contributed by atoms with E-state index >= 15 is 0 Å². The molecule has 1 fully saturated rings. The highest BCUT2D eigenvalue weighted by atomic mass is 16.5. The summed E-state index contributed by atoms with van der Waals surface area (Å²) >= 11 is 0. The summed E-state index contributed by atoms with van der Waals surface area (Å²) in [5, 5.41) is 11.0. The van der Waals surface area contributed by atoms with E-state index in [-0.39, 0.29) is 11.6 Å². The minimum absolute atomic E-state index is 0.288. The second kappa shape index (κ2) is 6.64. The molecule has 0 spiro atoms. The molecule has 2 aromatic rings. The molecule has 3 rings (SSSR count). The van der Waals surface area contributed by atoms with E-state index in [0.717, 1.165) is 24.5 Å². The van der Waals surface area contributed by atoms with Gasteiger partial charge in [0.05, 0.1) is 12.8 Å². The Morgan fingerprint density at radius 1 is 1.17 bits per heavy atom. The highest BCUT2D eigenvalue weighted by Gasteiger charge is 2.16. The number of carbonyl (C=O) groups excluding carboxylic acids is 1. The fourth-order valence-electron chi connectivity index (χ4n) is 2.67. The van der Waals surface area contributed by atoms with E-state index in [9.17, 15) is 4.79 Å². The number of aryl methyl sites for hydroxylation is 1. The molecule has 0 aliphatic carbocycles. The first-order valence-corrected chi connectivity index (χ1v) is 7.72. The smallest absolute Gasteiger partial charge is 0.276 e. The zero-order chi connectivity index (χ0) is 16.2. The number of nitrogens with one attached hydrogen (secondary N) is 1. The van der Waals surface area contributed by atoms with Crippen molar-refractivity contribution in [3.05, 3.63) is 41.6 Å². The quantitative estimate of drug-likeness (QED) is 0.940. The predicted molar refractivity (Wildman–Crippen MR) is 89.2 cm³/mol. The number of amides is 1. The zero-order valence-corrected chi connectivity index (χ0v) is 13.4. The lowest BCUT2D eigenvalue weighted by molar-refractivity contribution is 0.102. The third-order valence-electron chi connectivity index (χ3n) is 3.92. The molecule has 0 bridgehead atoms. The second-order valence-corrected chi connectivity index (χ2v) is 5.63. The first-order valence-electron chi connectivity index (χ1n) is 7.72.